The summed E-state index contributed by atoms with van der Waals surface area (Å²) in [6, 6.07) is 6.68. The number of benzene rings is 1. The van der Waals surface area contributed by atoms with Crippen LogP contribution in [0.3, 0.4) is 0 Å². The molecule has 0 bridgehead atoms. The molecule has 1 fully saturated rings. The van der Waals surface area contributed by atoms with Gasteiger partial charge in [0.25, 0.3) is 0 Å². The Labute approximate surface area is 162 Å². The molecule has 1 heterocycles. The first-order chi connectivity index (χ1) is 12.8. The molecule has 0 aliphatic carbocycles. The highest BCUT2D eigenvalue weighted by Gasteiger charge is 2.24. The minimum Gasteiger partial charge on any atom is -0.480 e. The summed E-state index contributed by atoms with van der Waals surface area (Å²) in [7, 11) is 1.85. The molecular weight excluding hydrogens is 342 g/mol. The van der Waals surface area contributed by atoms with Gasteiger partial charge >= 0.3 is 12.0 Å². The van der Waals surface area contributed by atoms with Gasteiger partial charge in [-0.1, -0.05) is 23.8 Å². The van der Waals surface area contributed by atoms with Crippen molar-refractivity contribution in [2.45, 2.75) is 58.5 Å². The third-order valence-electron chi connectivity index (χ3n) is 5.39. The van der Waals surface area contributed by atoms with Gasteiger partial charge in [0.2, 0.25) is 0 Å². The maximum absolute atomic E-state index is 12.7. The first-order valence-corrected chi connectivity index (χ1v) is 9.80. The quantitative estimate of drug-likeness (QED) is 0.802. The summed E-state index contributed by atoms with van der Waals surface area (Å²) in [6.07, 6.45) is 3.44. The standard InChI is InChI=1S/C21H33N3O3/c1-15-7-8-18(16(2)12-15)13-17(3)22-21(27)24-10-5-6-19(9-11-24)23(4)14-20(25)26/h7-8,12,17,19H,5-6,9-11,13-14H2,1-4H3,(H,22,27)(H,25,26). The number of hydrogen-bond acceptors (Lipinski definition) is 3. The van der Waals surface area contributed by atoms with Crippen LogP contribution in [0, 0.1) is 13.8 Å². The Balaban J connectivity index is 1.85. The molecule has 0 saturated carbocycles. The summed E-state index contributed by atoms with van der Waals surface area (Å²) in [5.74, 6) is -0.809. The highest BCUT2D eigenvalue weighted by Crippen LogP contribution is 2.17. The van der Waals surface area contributed by atoms with E-state index in [0.717, 1.165) is 32.2 Å². The van der Waals surface area contributed by atoms with Crippen LogP contribution < -0.4 is 5.32 Å². The summed E-state index contributed by atoms with van der Waals surface area (Å²) < 4.78 is 0. The predicted molar refractivity (Wildman–Crippen MR) is 107 cm³/mol. The highest BCUT2D eigenvalue weighted by atomic mass is 16.4. The number of carboxylic acids is 1. The van der Waals surface area contributed by atoms with E-state index in [9.17, 15) is 9.59 Å². The number of amides is 2. The van der Waals surface area contributed by atoms with Crippen LogP contribution in [0.4, 0.5) is 4.79 Å². The molecule has 1 saturated heterocycles. The lowest BCUT2D eigenvalue weighted by Crippen LogP contribution is -2.45. The monoisotopic (exact) mass is 375 g/mol. The molecule has 6 heteroatoms. The summed E-state index contributed by atoms with van der Waals surface area (Å²) >= 11 is 0. The number of rotatable bonds is 6. The van der Waals surface area contributed by atoms with E-state index in [-0.39, 0.29) is 24.7 Å². The van der Waals surface area contributed by atoms with E-state index in [1.807, 2.05) is 23.8 Å². The van der Waals surface area contributed by atoms with Crippen LogP contribution in [0.25, 0.3) is 0 Å². The number of urea groups is 1. The summed E-state index contributed by atoms with van der Waals surface area (Å²) in [4.78, 5) is 27.3. The maximum Gasteiger partial charge on any atom is 0.317 e. The van der Waals surface area contributed by atoms with E-state index in [0.29, 0.717) is 6.54 Å². The lowest BCUT2D eigenvalue weighted by molar-refractivity contribution is -0.138. The van der Waals surface area contributed by atoms with Crippen molar-refractivity contribution >= 4 is 12.0 Å². The molecule has 1 aromatic carbocycles. The zero-order valence-corrected chi connectivity index (χ0v) is 17.0. The minimum absolute atomic E-state index is 0.0196. The Hall–Kier alpha value is -2.08. The molecule has 0 aromatic heterocycles. The molecule has 0 spiro atoms. The van der Waals surface area contributed by atoms with E-state index in [1.165, 1.54) is 16.7 Å². The second-order valence-electron chi connectivity index (χ2n) is 7.87. The van der Waals surface area contributed by atoms with Gasteiger partial charge in [-0.25, -0.2) is 4.79 Å². The highest BCUT2D eigenvalue weighted by molar-refractivity contribution is 5.74. The van der Waals surface area contributed by atoms with Gasteiger partial charge in [-0.15, -0.1) is 0 Å². The lowest BCUT2D eigenvalue weighted by atomic mass is 10.00. The molecule has 0 radical (unpaired) electrons. The van der Waals surface area contributed by atoms with Gasteiger partial charge in [0.05, 0.1) is 6.54 Å². The number of nitrogens with one attached hydrogen (secondary N) is 1. The Kier molecular flexibility index (Phi) is 7.66. The number of aliphatic carboxylic acids is 1. The molecule has 27 heavy (non-hydrogen) atoms. The number of carboxylic acid groups (broad SMARTS) is 1. The fourth-order valence-corrected chi connectivity index (χ4v) is 3.82. The van der Waals surface area contributed by atoms with Gasteiger partial charge in [-0.3, -0.25) is 9.69 Å². The van der Waals surface area contributed by atoms with Crippen molar-refractivity contribution in [3.63, 3.8) is 0 Å². The molecule has 2 N–H and O–H groups in total. The van der Waals surface area contributed by atoms with Crippen molar-refractivity contribution in [2.24, 2.45) is 0 Å². The maximum atomic E-state index is 12.7. The fraction of sp³-hybridized carbons (Fsp3) is 0.619. The van der Waals surface area contributed by atoms with Crippen molar-refractivity contribution < 1.29 is 14.7 Å². The van der Waals surface area contributed by atoms with Crippen molar-refractivity contribution in [3.8, 4) is 0 Å². The van der Waals surface area contributed by atoms with E-state index >= 15 is 0 Å². The summed E-state index contributed by atoms with van der Waals surface area (Å²) in [5, 5.41) is 12.1. The van der Waals surface area contributed by atoms with Crippen molar-refractivity contribution in [1.29, 1.82) is 0 Å². The number of carbonyl (C=O) groups excluding carboxylic acids is 1. The van der Waals surface area contributed by atoms with Crippen LogP contribution >= 0.6 is 0 Å². The van der Waals surface area contributed by atoms with E-state index in [2.05, 4.69) is 37.4 Å². The number of carbonyl (C=O) groups is 2. The average Bonchev–Trinajstić information content (AvgIpc) is 2.83. The van der Waals surface area contributed by atoms with E-state index < -0.39 is 5.97 Å². The topological polar surface area (TPSA) is 72.9 Å². The lowest BCUT2D eigenvalue weighted by Gasteiger charge is -2.26. The van der Waals surface area contributed by atoms with Gasteiger partial charge in [0, 0.05) is 25.2 Å². The first-order valence-electron chi connectivity index (χ1n) is 9.80. The summed E-state index contributed by atoms with van der Waals surface area (Å²) in [5.41, 5.74) is 3.77. The van der Waals surface area contributed by atoms with Gasteiger partial charge in [0.1, 0.15) is 0 Å². The molecule has 2 atom stereocenters. The second-order valence-corrected chi connectivity index (χ2v) is 7.87. The van der Waals surface area contributed by atoms with Crippen molar-refractivity contribution in [1.82, 2.24) is 15.1 Å². The van der Waals surface area contributed by atoms with E-state index in [1.54, 1.807) is 0 Å². The van der Waals surface area contributed by atoms with Crippen LogP contribution in [0.15, 0.2) is 18.2 Å². The number of nitrogens with zero attached hydrogens (tertiary/aromatic N) is 2. The third-order valence-corrected chi connectivity index (χ3v) is 5.39. The smallest absolute Gasteiger partial charge is 0.317 e. The van der Waals surface area contributed by atoms with Crippen LogP contribution in [0.5, 0.6) is 0 Å². The Morgan fingerprint density at radius 2 is 2.04 bits per heavy atom. The van der Waals surface area contributed by atoms with Crippen molar-refractivity contribution in [3.05, 3.63) is 34.9 Å². The number of likely N-dealkylation sites (N-methyl/N-ethyl adjacent to an activating group) is 1. The Bertz CT molecular complexity index is 662. The molecule has 2 unspecified atom stereocenters. The van der Waals surface area contributed by atoms with Crippen LogP contribution in [0.1, 0.15) is 42.9 Å². The molecule has 1 aliphatic rings. The minimum atomic E-state index is -0.809. The van der Waals surface area contributed by atoms with Crippen LogP contribution in [-0.2, 0) is 11.2 Å². The molecule has 1 aromatic rings. The van der Waals surface area contributed by atoms with Gasteiger partial charge in [0.15, 0.2) is 0 Å². The SMILES string of the molecule is Cc1ccc(CC(C)NC(=O)N2CCCC(N(C)CC(=O)O)CC2)c(C)c1. The van der Waals surface area contributed by atoms with Gasteiger partial charge in [-0.2, -0.15) is 0 Å². The third kappa shape index (κ3) is 6.54. The Morgan fingerprint density at radius 1 is 1.30 bits per heavy atom. The van der Waals surface area contributed by atoms with Gasteiger partial charge < -0.3 is 15.3 Å². The Morgan fingerprint density at radius 3 is 2.70 bits per heavy atom. The summed E-state index contributed by atoms with van der Waals surface area (Å²) in [6.45, 7) is 7.67. The number of likely N-dealkylation sites (tertiary alicyclic amines) is 1. The molecule has 1 aliphatic heterocycles. The molecule has 150 valence electrons. The zero-order valence-electron chi connectivity index (χ0n) is 17.0. The van der Waals surface area contributed by atoms with Crippen LogP contribution in [0.2, 0.25) is 0 Å². The number of hydrogen-bond donors (Lipinski definition) is 2. The largest absolute Gasteiger partial charge is 0.480 e. The normalized spacial score (nSPS) is 18.9. The first kappa shape index (κ1) is 21.2. The molecule has 2 amide bonds. The second kappa shape index (κ2) is 9.74. The van der Waals surface area contributed by atoms with Crippen LogP contribution in [-0.4, -0.2) is 65.7 Å². The zero-order chi connectivity index (χ0) is 20.0. The fourth-order valence-electron chi connectivity index (χ4n) is 3.82. The molecule has 6 nitrogen and oxygen atoms in total. The predicted octanol–water partition coefficient (Wildman–Crippen LogP) is 2.81. The van der Waals surface area contributed by atoms with E-state index in [4.69, 9.17) is 5.11 Å². The molecule has 2 rings (SSSR count). The van der Waals surface area contributed by atoms with Gasteiger partial charge in [-0.05, 0) is 64.6 Å². The number of aryl methyl sites for hydroxylation is 2. The van der Waals surface area contributed by atoms with Crippen molar-refractivity contribution in [2.75, 3.05) is 26.7 Å². The molecular formula is C21H33N3O3. The average molecular weight is 376 g/mol.